The molecule has 0 amide bonds. The van der Waals surface area contributed by atoms with Crippen LogP contribution < -0.4 is 0 Å². The summed E-state index contributed by atoms with van der Waals surface area (Å²) in [6, 6.07) is 0. The third-order valence-electron chi connectivity index (χ3n) is 1.58. The van der Waals surface area contributed by atoms with E-state index in [0.29, 0.717) is 19.5 Å². The van der Waals surface area contributed by atoms with E-state index in [1.54, 1.807) is 0 Å². The molecule has 0 aromatic heterocycles. The maximum atomic E-state index is 8.68. The Bertz CT molecular complexity index is 67.0. The van der Waals surface area contributed by atoms with Crippen molar-refractivity contribution in [2.75, 3.05) is 19.8 Å². The number of aliphatic hydroxyl groups excluding tert-OH is 1. The Balaban J connectivity index is 2.33. The fourth-order valence-corrected chi connectivity index (χ4v) is 0.664. The topological polar surface area (TPSA) is 29.5 Å². The van der Waals surface area contributed by atoms with Gasteiger partial charge in [0.05, 0.1) is 27.7 Å². The molecule has 1 aliphatic heterocycles. The standard InChI is InChI=1S/C5H9BO2/c6-1-5(2-7)3-8-4-5/h7H,1-4H2. The SMILES string of the molecule is [B]CC1(CO)COC1. The van der Waals surface area contributed by atoms with Crippen LogP contribution in [-0.4, -0.2) is 32.8 Å². The van der Waals surface area contributed by atoms with E-state index in [1.807, 2.05) is 0 Å². The smallest absolute Gasteiger partial charge is 0.0663 e. The fraction of sp³-hybridized carbons (Fsp3) is 1.00. The molecule has 3 heteroatoms. The van der Waals surface area contributed by atoms with Crippen molar-refractivity contribution in [1.82, 2.24) is 0 Å². The van der Waals surface area contributed by atoms with Crippen molar-refractivity contribution in [3.63, 3.8) is 0 Å². The Kier molecular flexibility index (Phi) is 1.58. The lowest BCUT2D eigenvalue weighted by Gasteiger charge is -2.39. The highest BCUT2D eigenvalue weighted by Gasteiger charge is 2.35. The second kappa shape index (κ2) is 2.07. The van der Waals surface area contributed by atoms with Crippen LogP contribution in [0.25, 0.3) is 0 Å². The average molecular weight is 112 g/mol. The average Bonchev–Trinajstić information content (AvgIpc) is 1.67. The van der Waals surface area contributed by atoms with E-state index in [-0.39, 0.29) is 12.0 Å². The van der Waals surface area contributed by atoms with Gasteiger partial charge in [-0.05, 0) is 0 Å². The van der Waals surface area contributed by atoms with Gasteiger partial charge in [0.25, 0.3) is 0 Å². The van der Waals surface area contributed by atoms with Gasteiger partial charge in [-0.1, -0.05) is 6.32 Å². The predicted molar refractivity (Wildman–Crippen MR) is 30.9 cm³/mol. The van der Waals surface area contributed by atoms with Gasteiger partial charge in [0.15, 0.2) is 0 Å². The zero-order chi connectivity index (χ0) is 6.04. The largest absolute Gasteiger partial charge is 0.396 e. The summed E-state index contributed by atoms with van der Waals surface area (Å²) in [6.07, 6.45) is 0.531. The van der Waals surface area contributed by atoms with Crippen molar-refractivity contribution in [1.29, 1.82) is 0 Å². The van der Waals surface area contributed by atoms with E-state index in [4.69, 9.17) is 17.7 Å². The Morgan fingerprint density at radius 2 is 2.25 bits per heavy atom. The molecule has 0 aromatic rings. The number of aliphatic hydroxyl groups is 1. The quantitative estimate of drug-likeness (QED) is 0.491. The lowest BCUT2D eigenvalue weighted by atomic mass is 9.75. The van der Waals surface area contributed by atoms with Gasteiger partial charge in [-0.2, -0.15) is 0 Å². The molecule has 0 unspecified atom stereocenters. The summed E-state index contributed by atoms with van der Waals surface area (Å²) >= 11 is 0. The van der Waals surface area contributed by atoms with Crippen LogP contribution in [0.5, 0.6) is 0 Å². The molecule has 0 aliphatic carbocycles. The minimum Gasteiger partial charge on any atom is -0.396 e. The minimum absolute atomic E-state index is 0.0833. The zero-order valence-electron chi connectivity index (χ0n) is 4.76. The molecular weight excluding hydrogens is 103 g/mol. The zero-order valence-corrected chi connectivity index (χ0v) is 4.76. The van der Waals surface area contributed by atoms with E-state index in [0.717, 1.165) is 0 Å². The summed E-state index contributed by atoms with van der Waals surface area (Å²) in [4.78, 5) is 0. The molecule has 44 valence electrons. The molecule has 0 spiro atoms. The highest BCUT2D eigenvalue weighted by Crippen LogP contribution is 2.29. The first-order valence-electron chi connectivity index (χ1n) is 2.72. The Morgan fingerprint density at radius 1 is 1.62 bits per heavy atom. The lowest BCUT2D eigenvalue weighted by molar-refractivity contribution is -0.124. The van der Waals surface area contributed by atoms with Crippen LogP contribution in [0.1, 0.15) is 0 Å². The normalized spacial score (nSPS) is 24.6. The molecule has 1 fully saturated rings. The summed E-state index contributed by atoms with van der Waals surface area (Å²) in [6.45, 7) is 1.41. The van der Waals surface area contributed by atoms with E-state index < -0.39 is 0 Å². The van der Waals surface area contributed by atoms with Crippen LogP contribution in [0.15, 0.2) is 0 Å². The molecule has 0 aromatic carbocycles. The number of ether oxygens (including phenoxy) is 1. The van der Waals surface area contributed by atoms with Crippen LogP contribution >= 0.6 is 0 Å². The molecule has 2 radical (unpaired) electrons. The summed E-state index contributed by atoms with van der Waals surface area (Å²) in [5.41, 5.74) is -0.0833. The van der Waals surface area contributed by atoms with Crippen molar-refractivity contribution in [2.45, 2.75) is 6.32 Å². The second-order valence-corrected chi connectivity index (χ2v) is 2.36. The van der Waals surface area contributed by atoms with Crippen LogP contribution in [0.3, 0.4) is 0 Å². The first-order chi connectivity index (χ1) is 3.83. The predicted octanol–water partition coefficient (Wildman–Crippen LogP) is -0.418. The molecule has 8 heavy (non-hydrogen) atoms. The maximum Gasteiger partial charge on any atom is 0.0663 e. The highest BCUT2D eigenvalue weighted by molar-refractivity contribution is 6.09. The van der Waals surface area contributed by atoms with Crippen LogP contribution in [-0.2, 0) is 4.74 Å². The first kappa shape index (κ1) is 6.11. The van der Waals surface area contributed by atoms with Crippen molar-refractivity contribution in [2.24, 2.45) is 5.41 Å². The molecule has 1 heterocycles. The maximum absolute atomic E-state index is 8.68. The highest BCUT2D eigenvalue weighted by atomic mass is 16.5. The minimum atomic E-state index is -0.0833. The van der Waals surface area contributed by atoms with Gasteiger partial charge < -0.3 is 9.84 Å². The first-order valence-corrected chi connectivity index (χ1v) is 2.72. The van der Waals surface area contributed by atoms with Gasteiger partial charge in [-0.3, -0.25) is 0 Å². The van der Waals surface area contributed by atoms with Gasteiger partial charge >= 0.3 is 0 Å². The molecule has 1 rings (SSSR count). The van der Waals surface area contributed by atoms with Gasteiger partial charge in [0.1, 0.15) is 0 Å². The summed E-state index contributed by atoms with van der Waals surface area (Å²) < 4.78 is 4.88. The Labute approximate surface area is 50.3 Å². The Hall–Kier alpha value is -0.0151. The molecule has 0 saturated carbocycles. The van der Waals surface area contributed by atoms with E-state index in [9.17, 15) is 0 Å². The van der Waals surface area contributed by atoms with Crippen molar-refractivity contribution >= 4 is 7.85 Å². The summed E-state index contributed by atoms with van der Waals surface area (Å²) in [7, 11) is 5.34. The Morgan fingerprint density at radius 3 is 2.25 bits per heavy atom. The number of hydrogen-bond acceptors (Lipinski definition) is 2. The van der Waals surface area contributed by atoms with Gasteiger partial charge in [-0.25, -0.2) is 0 Å². The number of rotatable bonds is 2. The third-order valence-corrected chi connectivity index (χ3v) is 1.58. The van der Waals surface area contributed by atoms with Gasteiger partial charge in [0.2, 0.25) is 0 Å². The monoisotopic (exact) mass is 112 g/mol. The summed E-state index contributed by atoms with van der Waals surface area (Å²) in [5.74, 6) is 0. The molecule has 2 nitrogen and oxygen atoms in total. The lowest BCUT2D eigenvalue weighted by Crippen LogP contribution is -2.45. The fourth-order valence-electron chi connectivity index (χ4n) is 0.664. The molecule has 0 bridgehead atoms. The van der Waals surface area contributed by atoms with Gasteiger partial charge in [-0.15, -0.1) is 0 Å². The van der Waals surface area contributed by atoms with Gasteiger partial charge in [0, 0.05) is 5.41 Å². The third kappa shape index (κ3) is 0.760. The summed E-state index contributed by atoms with van der Waals surface area (Å²) in [5, 5.41) is 8.68. The van der Waals surface area contributed by atoms with Crippen LogP contribution in [0, 0.1) is 5.41 Å². The second-order valence-electron chi connectivity index (χ2n) is 2.36. The van der Waals surface area contributed by atoms with Crippen molar-refractivity contribution in [3.05, 3.63) is 0 Å². The van der Waals surface area contributed by atoms with E-state index in [2.05, 4.69) is 0 Å². The van der Waals surface area contributed by atoms with Crippen LogP contribution in [0.4, 0.5) is 0 Å². The van der Waals surface area contributed by atoms with E-state index >= 15 is 0 Å². The number of hydrogen-bond donors (Lipinski definition) is 1. The molecular formula is C5H9BO2. The van der Waals surface area contributed by atoms with Crippen LogP contribution in [0.2, 0.25) is 6.32 Å². The molecule has 1 saturated heterocycles. The molecule has 0 atom stereocenters. The van der Waals surface area contributed by atoms with E-state index in [1.165, 1.54) is 0 Å². The molecule has 1 N–H and O–H groups in total. The van der Waals surface area contributed by atoms with Crippen molar-refractivity contribution < 1.29 is 9.84 Å². The van der Waals surface area contributed by atoms with Crippen molar-refractivity contribution in [3.8, 4) is 0 Å². The molecule has 1 aliphatic rings.